The van der Waals surface area contributed by atoms with Gasteiger partial charge >= 0.3 is 0 Å². The molecular formula is C20H22FN5O3. The predicted molar refractivity (Wildman–Crippen MR) is 105 cm³/mol. The number of nitrogens with one attached hydrogen (secondary N) is 1. The van der Waals surface area contributed by atoms with Crippen molar-refractivity contribution in [2.24, 2.45) is 0 Å². The molecular weight excluding hydrogens is 377 g/mol. The molecule has 8 nitrogen and oxygen atoms in total. The second-order valence-corrected chi connectivity index (χ2v) is 6.54. The summed E-state index contributed by atoms with van der Waals surface area (Å²) in [6, 6.07) is 8.35. The molecule has 1 atom stereocenters. The fourth-order valence-corrected chi connectivity index (χ4v) is 2.95. The number of methoxy groups -OCH3 is 1. The van der Waals surface area contributed by atoms with Gasteiger partial charge in [0.2, 0.25) is 0 Å². The Morgan fingerprint density at radius 3 is 2.66 bits per heavy atom. The number of amides is 1. The summed E-state index contributed by atoms with van der Waals surface area (Å²) in [4.78, 5) is 24.4. The summed E-state index contributed by atoms with van der Waals surface area (Å²) in [5.74, 6) is -0.726. The zero-order valence-corrected chi connectivity index (χ0v) is 16.4. The van der Waals surface area contributed by atoms with Gasteiger partial charge in [0.25, 0.3) is 11.5 Å². The summed E-state index contributed by atoms with van der Waals surface area (Å²) in [6.45, 7) is 4.28. The molecule has 0 aliphatic rings. The van der Waals surface area contributed by atoms with Gasteiger partial charge in [-0.3, -0.25) is 9.59 Å². The third kappa shape index (κ3) is 4.57. The lowest BCUT2D eigenvalue weighted by Crippen LogP contribution is -2.32. The Hall–Kier alpha value is -3.33. The van der Waals surface area contributed by atoms with Gasteiger partial charge in [-0.05, 0) is 44.2 Å². The van der Waals surface area contributed by atoms with Crippen molar-refractivity contribution in [3.05, 3.63) is 75.7 Å². The van der Waals surface area contributed by atoms with Gasteiger partial charge in [0.15, 0.2) is 0 Å². The highest BCUT2D eigenvalue weighted by atomic mass is 19.1. The van der Waals surface area contributed by atoms with Gasteiger partial charge in [0, 0.05) is 24.4 Å². The van der Waals surface area contributed by atoms with Crippen molar-refractivity contribution in [3.63, 3.8) is 0 Å². The van der Waals surface area contributed by atoms with Gasteiger partial charge in [-0.25, -0.2) is 13.8 Å². The van der Waals surface area contributed by atoms with Crippen LogP contribution in [0.25, 0.3) is 5.69 Å². The maximum absolute atomic E-state index is 13.2. The van der Waals surface area contributed by atoms with E-state index in [9.17, 15) is 14.0 Å². The van der Waals surface area contributed by atoms with Crippen molar-refractivity contribution in [1.82, 2.24) is 24.9 Å². The highest BCUT2D eigenvalue weighted by Crippen LogP contribution is 2.20. The number of benzene rings is 1. The van der Waals surface area contributed by atoms with E-state index >= 15 is 0 Å². The van der Waals surface area contributed by atoms with E-state index in [1.807, 2.05) is 13.8 Å². The Labute approximate surface area is 166 Å². The van der Waals surface area contributed by atoms with Crippen LogP contribution >= 0.6 is 0 Å². The third-order valence-electron chi connectivity index (χ3n) is 4.54. The fraction of sp³-hybridized carbons (Fsp3) is 0.300. The number of aromatic nitrogens is 4. The number of hydrogen-bond acceptors (Lipinski definition) is 5. The molecule has 29 heavy (non-hydrogen) atoms. The molecule has 1 unspecified atom stereocenters. The lowest BCUT2D eigenvalue weighted by molar-refractivity contribution is 0.0931. The molecule has 0 bridgehead atoms. The van der Waals surface area contributed by atoms with E-state index < -0.39 is 5.91 Å². The van der Waals surface area contributed by atoms with Crippen LogP contribution in [-0.4, -0.2) is 39.2 Å². The summed E-state index contributed by atoms with van der Waals surface area (Å²) in [5.41, 5.74) is 2.19. The maximum atomic E-state index is 13.2. The van der Waals surface area contributed by atoms with Crippen LogP contribution in [0.3, 0.4) is 0 Å². The zero-order chi connectivity index (χ0) is 21.0. The maximum Gasteiger partial charge on any atom is 0.272 e. The molecule has 0 radical (unpaired) electrons. The molecule has 3 rings (SSSR count). The second kappa shape index (κ2) is 8.78. The quantitative estimate of drug-likeness (QED) is 0.656. The number of halogens is 1. The Morgan fingerprint density at radius 1 is 1.24 bits per heavy atom. The molecule has 1 aromatic carbocycles. The zero-order valence-electron chi connectivity index (χ0n) is 16.4. The Kier molecular flexibility index (Phi) is 6.18. The molecule has 0 fully saturated rings. The van der Waals surface area contributed by atoms with Crippen molar-refractivity contribution >= 4 is 5.91 Å². The van der Waals surface area contributed by atoms with Crippen LogP contribution < -0.4 is 10.9 Å². The molecule has 152 valence electrons. The van der Waals surface area contributed by atoms with Crippen molar-refractivity contribution in [1.29, 1.82) is 0 Å². The van der Waals surface area contributed by atoms with E-state index in [-0.39, 0.29) is 29.7 Å². The van der Waals surface area contributed by atoms with Gasteiger partial charge in [0.1, 0.15) is 11.5 Å². The van der Waals surface area contributed by atoms with Crippen molar-refractivity contribution in [2.45, 2.75) is 26.4 Å². The van der Waals surface area contributed by atoms with Crippen LogP contribution in [0.5, 0.6) is 0 Å². The number of carbonyl (C=O) groups excluding carboxylic acids is 1. The number of hydrogen-bond donors (Lipinski definition) is 1. The number of carbonyl (C=O) groups is 1. The van der Waals surface area contributed by atoms with Crippen molar-refractivity contribution in [3.8, 4) is 5.69 Å². The molecule has 2 heterocycles. The molecule has 0 saturated carbocycles. The minimum absolute atomic E-state index is 0.135. The van der Waals surface area contributed by atoms with Crippen LogP contribution in [-0.2, 0) is 11.3 Å². The number of rotatable bonds is 7. The predicted octanol–water partition coefficient (Wildman–Crippen LogP) is 2.01. The standard InChI is InChI=1S/C20H22FN5O3/c1-13(17-12-22-26(14(17)2)16-6-4-15(21)5-7-16)23-20(28)18-8-9-19(27)25(24-18)10-11-29-3/h4-9,12-13H,10-11H2,1-3H3,(H,23,28). The van der Waals surface area contributed by atoms with E-state index in [1.54, 1.807) is 23.0 Å². The van der Waals surface area contributed by atoms with Gasteiger partial charge < -0.3 is 10.1 Å². The van der Waals surface area contributed by atoms with Gasteiger partial charge in [0.05, 0.1) is 31.1 Å². The smallest absolute Gasteiger partial charge is 0.272 e. The Morgan fingerprint density at radius 2 is 1.97 bits per heavy atom. The molecule has 0 saturated heterocycles. The average Bonchev–Trinajstić information content (AvgIpc) is 3.09. The minimum atomic E-state index is -0.405. The van der Waals surface area contributed by atoms with E-state index in [4.69, 9.17) is 4.74 Å². The first-order chi connectivity index (χ1) is 13.9. The summed E-state index contributed by atoms with van der Waals surface area (Å²) in [5, 5.41) is 11.3. The van der Waals surface area contributed by atoms with Crippen LogP contribution in [0.2, 0.25) is 0 Å². The molecule has 9 heteroatoms. The third-order valence-corrected chi connectivity index (χ3v) is 4.54. The number of ether oxygens (including phenoxy) is 1. The van der Waals surface area contributed by atoms with Gasteiger partial charge in [-0.1, -0.05) is 0 Å². The topological polar surface area (TPSA) is 91.0 Å². The van der Waals surface area contributed by atoms with Crippen LogP contribution in [0.4, 0.5) is 4.39 Å². The van der Waals surface area contributed by atoms with E-state index in [0.717, 1.165) is 16.9 Å². The normalized spacial score (nSPS) is 12.0. The minimum Gasteiger partial charge on any atom is -0.383 e. The highest BCUT2D eigenvalue weighted by molar-refractivity contribution is 5.92. The first-order valence-electron chi connectivity index (χ1n) is 9.09. The fourth-order valence-electron chi connectivity index (χ4n) is 2.95. The van der Waals surface area contributed by atoms with Crippen molar-refractivity contribution in [2.75, 3.05) is 13.7 Å². The SMILES string of the molecule is COCCn1nc(C(=O)NC(C)c2cnn(-c3ccc(F)cc3)c2C)ccc1=O. The molecule has 0 aliphatic heterocycles. The Balaban J connectivity index is 1.77. The van der Waals surface area contributed by atoms with Crippen LogP contribution in [0.15, 0.2) is 47.4 Å². The summed E-state index contributed by atoms with van der Waals surface area (Å²) in [6.07, 6.45) is 1.66. The lowest BCUT2D eigenvalue weighted by Gasteiger charge is -2.14. The molecule has 2 aromatic heterocycles. The molecule has 3 aromatic rings. The van der Waals surface area contributed by atoms with Gasteiger partial charge in [-0.15, -0.1) is 0 Å². The van der Waals surface area contributed by atoms with Gasteiger partial charge in [-0.2, -0.15) is 10.2 Å². The average molecular weight is 399 g/mol. The lowest BCUT2D eigenvalue weighted by atomic mass is 10.1. The summed E-state index contributed by atoms with van der Waals surface area (Å²) < 4.78 is 21.0. The first kappa shape index (κ1) is 20.4. The molecule has 0 spiro atoms. The van der Waals surface area contributed by atoms with E-state index in [1.165, 1.54) is 36.1 Å². The number of nitrogens with zero attached hydrogens (tertiary/aromatic N) is 4. The molecule has 1 N–H and O–H groups in total. The highest BCUT2D eigenvalue weighted by Gasteiger charge is 2.18. The van der Waals surface area contributed by atoms with Crippen LogP contribution in [0.1, 0.15) is 34.7 Å². The van der Waals surface area contributed by atoms with Crippen LogP contribution in [0, 0.1) is 12.7 Å². The van der Waals surface area contributed by atoms with E-state index in [0.29, 0.717) is 6.61 Å². The monoisotopic (exact) mass is 399 g/mol. The summed E-state index contributed by atoms with van der Waals surface area (Å²) >= 11 is 0. The van der Waals surface area contributed by atoms with Crippen molar-refractivity contribution < 1.29 is 13.9 Å². The summed E-state index contributed by atoms with van der Waals surface area (Å²) in [7, 11) is 1.53. The Bertz CT molecular complexity index is 1060. The second-order valence-electron chi connectivity index (χ2n) is 6.54. The first-order valence-corrected chi connectivity index (χ1v) is 9.09. The molecule has 1 amide bonds. The molecule has 0 aliphatic carbocycles. The van der Waals surface area contributed by atoms with E-state index in [2.05, 4.69) is 15.5 Å². The largest absolute Gasteiger partial charge is 0.383 e.